The van der Waals surface area contributed by atoms with Gasteiger partial charge in [0.05, 0.1) is 7.11 Å². The molecule has 1 aliphatic rings. The van der Waals surface area contributed by atoms with Gasteiger partial charge in [-0.3, -0.25) is 4.90 Å². The second-order valence-electron chi connectivity index (χ2n) is 6.47. The maximum Gasteiger partial charge on any atom is 0.122 e. The fourth-order valence-corrected chi connectivity index (χ4v) is 3.51. The lowest BCUT2D eigenvalue weighted by molar-refractivity contribution is 0.0730. The fraction of sp³-hybridized carbons (Fsp3) is 0.647. The molecule has 0 aromatic heterocycles. The number of hydrogen-bond acceptors (Lipinski definition) is 3. The maximum absolute atomic E-state index is 6.58. The van der Waals surface area contributed by atoms with E-state index in [1.807, 2.05) is 12.1 Å². The van der Waals surface area contributed by atoms with Gasteiger partial charge in [0.15, 0.2) is 0 Å². The zero-order chi connectivity index (χ0) is 15.5. The van der Waals surface area contributed by atoms with Crippen LogP contribution in [0.3, 0.4) is 0 Å². The zero-order valence-corrected chi connectivity index (χ0v) is 14.9. The summed E-state index contributed by atoms with van der Waals surface area (Å²) in [6.45, 7) is 6.87. The van der Waals surface area contributed by atoms with Crippen molar-refractivity contribution in [3.05, 3.63) is 28.2 Å². The molecule has 4 heteroatoms. The third kappa shape index (κ3) is 3.99. The molecule has 0 saturated carbocycles. The largest absolute Gasteiger partial charge is 0.496 e. The van der Waals surface area contributed by atoms with Crippen molar-refractivity contribution in [2.24, 2.45) is 5.73 Å². The molecule has 3 nitrogen and oxygen atoms in total. The van der Waals surface area contributed by atoms with Crippen molar-refractivity contribution >= 4 is 15.9 Å². The van der Waals surface area contributed by atoms with E-state index in [9.17, 15) is 0 Å². The number of ether oxygens (including phenoxy) is 1. The summed E-state index contributed by atoms with van der Waals surface area (Å²) in [6.07, 6.45) is 4.75. The maximum atomic E-state index is 6.58. The average Bonchev–Trinajstić information content (AvgIpc) is 2.48. The molecule has 21 heavy (non-hydrogen) atoms. The Balaban J connectivity index is 2.12. The molecule has 0 bridgehead atoms. The molecule has 1 heterocycles. The summed E-state index contributed by atoms with van der Waals surface area (Å²) < 4.78 is 6.54. The van der Waals surface area contributed by atoms with E-state index < -0.39 is 0 Å². The van der Waals surface area contributed by atoms with Crippen molar-refractivity contribution in [1.82, 2.24) is 4.90 Å². The number of hydrogen-bond donors (Lipinski definition) is 1. The first kappa shape index (κ1) is 16.8. The summed E-state index contributed by atoms with van der Waals surface area (Å²) >= 11 is 3.54. The molecular formula is C17H27BrN2O. The summed E-state index contributed by atoms with van der Waals surface area (Å²) in [5, 5.41) is 0. The van der Waals surface area contributed by atoms with Gasteiger partial charge in [0.25, 0.3) is 0 Å². The number of benzene rings is 1. The minimum Gasteiger partial charge on any atom is -0.496 e. The molecule has 0 aliphatic carbocycles. The van der Waals surface area contributed by atoms with Crippen molar-refractivity contribution in [2.45, 2.75) is 51.1 Å². The molecule has 1 aliphatic heterocycles. The van der Waals surface area contributed by atoms with Gasteiger partial charge in [-0.25, -0.2) is 0 Å². The summed E-state index contributed by atoms with van der Waals surface area (Å²) in [4.78, 5) is 2.55. The number of likely N-dealkylation sites (tertiary alicyclic amines) is 1. The minimum absolute atomic E-state index is 0.00769. The molecule has 1 aromatic rings. The minimum atomic E-state index is 0.00769. The lowest BCUT2D eigenvalue weighted by Gasteiger charge is -2.44. The van der Waals surface area contributed by atoms with Gasteiger partial charge in [0.1, 0.15) is 5.75 Å². The zero-order valence-electron chi connectivity index (χ0n) is 13.4. The SMILES string of the molecule is COc1ccc(Br)cc1CC(N)C(C)(C)N1CCCCC1. The first-order valence-electron chi connectivity index (χ1n) is 7.78. The molecule has 0 spiro atoms. The Morgan fingerprint density at radius 1 is 1.29 bits per heavy atom. The van der Waals surface area contributed by atoms with Gasteiger partial charge in [0, 0.05) is 16.1 Å². The highest BCUT2D eigenvalue weighted by Crippen LogP contribution is 2.29. The third-order valence-corrected chi connectivity index (χ3v) is 5.25. The van der Waals surface area contributed by atoms with Crippen LogP contribution in [-0.2, 0) is 6.42 Å². The molecule has 1 fully saturated rings. The van der Waals surface area contributed by atoms with Crippen LogP contribution in [0.4, 0.5) is 0 Å². The number of rotatable bonds is 5. The van der Waals surface area contributed by atoms with Gasteiger partial charge < -0.3 is 10.5 Å². The molecule has 1 saturated heterocycles. The molecule has 1 unspecified atom stereocenters. The van der Waals surface area contributed by atoms with E-state index >= 15 is 0 Å². The molecule has 0 radical (unpaired) electrons. The first-order chi connectivity index (χ1) is 9.95. The number of nitrogens with two attached hydrogens (primary N) is 1. The Kier molecular flexibility index (Phi) is 5.69. The Morgan fingerprint density at radius 3 is 2.57 bits per heavy atom. The van der Waals surface area contributed by atoms with Gasteiger partial charge in [-0.1, -0.05) is 22.4 Å². The number of piperidine rings is 1. The molecule has 2 N–H and O–H groups in total. The van der Waals surface area contributed by atoms with Crippen LogP contribution in [0.15, 0.2) is 22.7 Å². The van der Waals surface area contributed by atoms with Crippen LogP contribution in [-0.4, -0.2) is 36.7 Å². The predicted octanol–water partition coefficient (Wildman–Crippen LogP) is 3.59. The number of halogens is 1. The lowest BCUT2D eigenvalue weighted by atomic mass is 9.86. The number of nitrogens with zero attached hydrogens (tertiary/aromatic N) is 1. The Morgan fingerprint density at radius 2 is 1.95 bits per heavy atom. The molecular weight excluding hydrogens is 328 g/mol. The molecule has 2 rings (SSSR count). The third-order valence-electron chi connectivity index (χ3n) is 4.76. The highest BCUT2D eigenvalue weighted by molar-refractivity contribution is 9.10. The molecule has 1 atom stereocenters. The summed E-state index contributed by atoms with van der Waals surface area (Å²) in [6, 6.07) is 6.20. The van der Waals surface area contributed by atoms with Crippen LogP contribution in [0.25, 0.3) is 0 Å². The van der Waals surface area contributed by atoms with E-state index in [0.29, 0.717) is 0 Å². The summed E-state index contributed by atoms with van der Waals surface area (Å²) in [5.74, 6) is 0.920. The molecule has 0 amide bonds. The molecule has 1 aromatic carbocycles. The fourth-order valence-electron chi connectivity index (χ4n) is 3.10. The van der Waals surface area contributed by atoms with Crippen LogP contribution in [0, 0.1) is 0 Å². The molecule has 118 valence electrons. The van der Waals surface area contributed by atoms with Gasteiger partial charge >= 0.3 is 0 Å². The van der Waals surface area contributed by atoms with Crippen LogP contribution in [0.5, 0.6) is 5.75 Å². The first-order valence-corrected chi connectivity index (χ1v) is 8.57. The smallest absolute Gasteiger partial charge is 0.122 e. The van der Waals surface area contributed by atoms with E-state index in [2.05, 4.69) is 40.7 Å². The Hall–Kier alpha value is -0.580. The highest BCUT2D eigenvalue weighted by atomic mass is 79.9. The number of methoxy groups -OCH3 is 1. The highest BCUT2D eigenvalue weighted by Gasteiger charge is 2.34. The van der Waals surface area contributed by atoms with Gasteiger partial charge in [-0.15, -0.1) is 0 Å². The monoisotopic (exact) mass is 354 g/mol. The van der Waals surface area contributed by atoms with Crippen LogP contribution >= 0.6 is 15.9 Å². The average molecular weight is 355 g/mol. The van der Waals surface area contributed by atoms with E-state index in [-0.39, 0.29) is 11.6 Å². The summed E-state index contributed by atoms with van der Waals surface area (Å²) in [5.41, 5.74) is 7.75. The van der Waals surface area contributed by atoms with E-state index in [4.69, 9.17) is 10.5 Å². The van der Waals surface area contributed by atoms with Gasteiger partial charge in [-0.2, -0.15) is 0 Å². The van der Waals surface area contributed by atoms with Crippen molar-refractivity contribution in [2.75, 3.05) is 20.2 Å². The normalized spacial score (nSPS) is 18.5. The quantitative estimate of drug-likeness (QED) is 0.877. The van der Waals surface area contributed by atoms with E-state index in [1.54, 1.807) is 7.11 Å². The standard InChI is InChI=1S/C17H27BrN2O/c1-17(2,20-9-5-4-6-10-20)16(19)12-13-11-14(18)7-8-15(13)21-3/h7-8,11,16H,4-6,9-10,12,19H2,1-3H3. The van der Waals surface area contributed by atoms with Crippen molar-refractivity contribution in [3.63, 3.8) is 0 Å². The Labute approximate surface area is 137 Å². The van der Waals surface area contributed by atoms with Gasteiger partial charge in [0.2, 0.25) is 0 Å². The van der Waals surface area contributed by atoms with Crippen LogP contribution in [0.1, 0.15) is 38.7 Å². The van der Waals surface area contributed by atoms with Gasteiger partial charge in [-0.05, 0) is 70.0 Å². The van der Waals surface area contributed by atoms with E-state index in [0.717, 1.165) is 29.7 Å². The Bertz CT molecular complexity index is 470. The van der Waals surface area contributed by atoms with E-state index in [1.165, 1.54) is 24.8 Å². The van der Waals surface area contributed by atoms with Crippen molar-refractivity contribution in [3.8, 4) is 5.75 Å². The van der Waals surface area contributed by atoms with Crippen LogP contribution in [0.2, 0.25) is 0 Å². The topological polar surface area (TPSA) is 38.5 Å². The van der Waals surface area contributed by atoms with Crippen molar-refractivity contribution in [1.29, 1.82) is 0 Å². The van der Waals surface area contributed by atoms with Crippen LogP contribution < -0.4 is 10.5 Å². The predicted molar refractivity (Wildman–Crippen MR) is 91.9 cm³/mol. The summed E-state index contributed by atoms with van der Waals surface area (Å²) in [7, 11) is 1.72. The second-order valence-corrected chi connectivity index (χ2v) is 7.38. The lowest BCUT2D eigenvalue weighted by Crippen LogP contribution is -2.58. The second kappa shape index (κ2) is 7.12. The van der Waals surface area contributed by atoms with Crippen molar-refractivity contribution < 1.29 is 4.74 Å².